The Balaban J connectivity index is 0.00000182. The second kappa shape index (κ2) is 12.7. The van der Waals surface area contributed by atoms with Crippen molar-refractivity contribution in [1.82, 2.24) is 15.5 Å². The second-order valence-electron chi connectivity index (χ2n) is 6.97. The van der Waals surface area contributed by atoms with Crippen molar-refractivity contribution in [2.24, 2.45) is 5.92 Å². The molecule has 5 nitrogen and oxygen atoms in total. The Morgan fingerprint density at radius 3 is 2.52 bits per heavy atom. The number of carbonyl (C=O) groups excluding carboxylic acids is 1. The molecule has 0 saturated carbocycles. The Morgan fingerprint density at radius 1 is 1.19 bits per heavy atom. The van der Waals surface area contributed by atoms with Gasteiger partial charge in [0.15, 0.2) is 0 Å². The predicted octanol–water partition coefficient (Wildman–Crippen LogP) is 3.14. The van der Waals surface area contributed by atoms with E-state index in [0.717, 1.165) is 69.2 Å². The van der Waals surface area contributed by atoms with E-state index in [1.165, 1.54) is 0 Å². The van der Waals surface area contributed by atoms with Gasteiger partial charge in [0.1, 0.15) is 12.4 Å². The first-order valence-electron chi connectivity index (χ1n) is 9.32. The minimum atomic E-state index is 0. The van der Waals surface area contributed by atoms with Crippen LogP contribution in [0, 0.1) is 5.92 Å². The average Bonchev–Trinajstić information content (AvgIpc) is 2.65. The topological polar surface area (TPSA) is 53.6 Å². The van der Waals surface area contributed by atoms with Crippen molar-refractivity contribution in [2.75, 3.05) is 39.3 Å². The number of ether oxygens (including phenoxy) is 1. The molecule has 154 valence electrons. The summed E-state index contributed by atoms with van der Waals surface area (Å²) >= 11 is 5.87. The van der Waals surface area contributed by atoms with Crippen LogP contribution in [0.5, 0.6) is 5.75 Å². The van der Waals surface area contributed by atoms with Crippen molar-refractivity contribution >= 4 is 42.3 Å². The van der Waals surface area contributed by atoms with Gasteiger partial charge >= 0.3 is 0 Å². The number of nitrogens with zero attached hydrogens (tertiary/aromatic N) is 1. The first-order chi connectivity index (χ1) is 12.2. The van der Waals surface area contributed by atoms with Crippen LogP contribution in [0.4, 0.5) is 0 Å². The Hall–Kier alpha value is -0.720. The fourth-order valence-corrected chi connectivity index (χ4v) is 3.64. The number of piperidine rings is 2. The van der Waals surface area contributed by atoms with Crippen molar-refractivity contribution in [3.63, 3.8) is 0 Å². The molecule has 0 bridgehead atoms. The number of rotatable bonds is 6. The predicted molar refractivity (Wildman–Crippen MR) is 115 cm³/mol. The first-order valence-corrected chi connectivity index (χ1v) is 9.70. The summed E-state index contributed by atoms with van der Waals surface area (Å²) in [6.45, 7) is 5.48. The number of likely N-dealkylation sites (tertiary alicyclic amines) is 1. The van der Waals surface area contributed by atoms with Crippen molar-refractivity contribution in [2.45, 2.75) is 31.7 Å². The highest BCUT2D eigenvalue weighted by Gasteiger charge is 2.25. The third-order valence-corrected chi connectivity index (χ3v) is 5.34. The zero-order valence-corrected chi connectivity index (χ0v) is 17.9. The summed E-state index contributed by atoms with van der Waals surface area (Å²) in [5.74, 6) is 1.24. The molecule has 2 fully saturated rings. The summed E-state index contributed by atoms with van der Waals surface area (Å²) in [6, 6.07) is 7.79. The van der Waals surface area contributed by atoms with E-state index in [9.17, 15) is 4.79 Å². The number of hydrogen-bond donors (Lipinski definition) is 2. The largest absolute Gasteiger partial charge is 0.492 e. The van der Waals surface area contributed by atoms with Crippen LogP contribution in [0.1, 0.15) is 25.7 Å². The highest BCUT2D eigenvalue weighted by molar-refractivity contribution is 6.30. The zero-order chi connectivity index (χ0) is 17.5. The third-order valence-electron chi connectivity index (χ3n) is 5.09. The van der Waals surface area contributed by atoms with E-state index in [1.807, 2.05) is 24.3 Å². The minimum absolute atomic E-state index is 0. The van der Waals surface area contributed by atoms with Crippen LogP contribution in [-0.2, 0) is 4.79 Å². The van der Waals surface area contributed by atoms with E-state index < -0.39 is 0 Å². The van der Waals surface area contributed by atoms with Crippen molar-refractivity contribution < 1.29 is 9.53 Å². The maximum atomic E-state index is 12.3. The zero-order valence-electron chi connectivity index (χ0n) is 15.5. The van der Waals surface area contributed by atoms with Gasteiger partial charge in [-0.3, -0.25) is 9.69 Å². The van der Waals surface area contributed by atoms with Gasteiger partial charge in [-0.2, -0.15) is 0 Å². The summed E-state index contributed by atoms with van der Waals surface area (Å²) in [5.41, 5.74) is 0. The van der Waals surface area contributed by atoms with Crippen molar-refractivity contribution in [3.05, 3.63) is 29.3 Å². The molecule has 3 rings (SSSR count). The number of amides is 1. The average molecular weight is 439 g/mol. The molecule has 2 N–H and O–H groups in total. The summed E-state index contributed by atoms with van der Waals surface area (Å²) in [7, 11) is 0. The van der Waals surface area contributed by atoms with E-state index in [1.54, 1.807) is 0 Å². The molecule has 1 amide bonds. The normalized spacial score (nSPS) is 20.9. The van der Waals surface area contributed by atoms with Crippen LogP contribution in [-0.4, -0.2) is 56.2 Å². The molecule has 1 aromatic rings. The molecule has 1 aromatic carbocycles. The quantitative estimate of drug-likeness (QED) is 0.716. The molecule has 27 heavy (non-hydrogen) atoms. The van der Waals surface area contributed by atoms with Crippen LogP contribution in [0.25, 0.3) is 0 Å². The van der Waals surface area contributed by atoms with Crippen LogP contribution in [0.2, 0.25) is 5.02 Å². The third kappa shape index (κ3) is 8.04. The highest BCUT2D eigenvalue weighted by atomic mass is 35.5. The van der Waals surface area contributed by atoms with Gasteiger partial charge in [0.05, 0.1) is 5.92 Å². The van der Waals surface area contributed by atoms with Gasteiger partial charge in [0.2, 0.25) is 5.91 Å². The molecule has 0 aromatic heterocycles. The van der Waals surface area contributed by atoms with Gasteiger partial charge in [-0.1, -0.05) is 11.6 Å². The molecule has 1 atom stereocenters. The fourth-order valence-electron chi connectivity index (χ4n) is 3.52. The minimum Gasteiger partial charge on any atom is -0.492 e. The maximum Gasteiger partial charge on any atom is 0.224 e. The molecule has 2 aliphatic rings. The summed E-state index contributed by atoms with van der Waals surface area (Å²) in [6.07, 6.45) is 4.16. The Labute approximate surface area is 179 Å². The van der Waals surface area contributed by atoms with Crippen LogP contribution in [0.15, 0.2) is 24.3 Å². The number of carbonyl (C=O) groups is 1. The second-order valence-corrected chi connectivity index (χ2v) is 7.41. The van der Waals surface area contributed by atoms with Gasteiger partial charge in [-0.15, -0.1) is 24.8 Å². The van der Waals surface area contributed by atoms with E-state index in [-0.39, 0.29) is 36.6 Å². The monoisotopic (exact) mass is 437 g/mol. The van der Waals surface area contributed by atoms with E-state index in [2.05, 4.69) is 15.5 Å². The lowest BCUT2D eigenvalue weighted by molar-refractivity contribution is -0.126. The smallest absolute Gasteiger partial charge is 0.224 e. The van der Waals surface area contributed by atoms with E-state index in [4.69, 9.17) is 16.3 Å². The van der Waals surface area contributed by atoms with E-state index in [0.29, 0.717) is 12.6 Å². The molecule has 2 aliphatic heterocycles. The van der Waals surface area contributed by atoms with Gasteiger partial charge in [-0.05, 0) is 56.5 Å². The molecule has 0 aliphatic carbocycles. The number of hydrogen-bond acceptors (Lipinski definition) is 4. The Kier molecular flexibility index (Phi) is 11.4. The van der Waals surface area contributed by atoms with Gasteiger partial charge in [0, 0.05) is 37.2 Å². The number of nitrogens with one attached hydrogen (secondary N) is 2. The van der Waals surface area contributed by atoms with Crippen molar-refractivity contribution in [3.8, 4) is 5.75 Å². The fraction of sp³-hybridized carbons (Fsp3) is 0.632. The SMILES string of the molecule is Cl.Cl.O=C(NC1CCN(CCOc2ccc(Cl)cc2)CC1)C1CCCNC1. The molecule has 8 heteroatoms. The molecule has 0 radical (unpaired) electrons. The Morgan fingerprint density at radius 2 is 1.89 bits per heavy atom. The maximum absolute atomic E-state index is 12.3. The van der Waals surface area contributed by atoms with Gasteiger partial charge in [0.25, 0.3) is 0 Å². The standard InChI is InChI=1S/C19H28ClN3O2.2ClH/c20-16-3-5-18(6-4-16)25-13-12-23-10-7-17(8-11-23)22-19(24)15-2-1-9-21-14-15;;/h3-6,15,17,21H,1-2,7-14H2,(H,22,24);2*1H. The first kappa shape index (κ1) is 24.3. The van der Waals surface area contributed by atoms with E-state index >= 15 is 0 Å². The summed E-state index contributed by atoms with van der Waals surface area (Å²) < 4.78 is 5.76. The number of benzene rings is 1. The molecule has 2 saturated heterocycles. The molecular weight excluding hydrogens is 409 g/mol. The lowest BCUT2D eigenvalue weighted by Gasteiger charge is -2.33. The van der Waals surface area contributed by atoms with Gasteiger partial charge in [-0.25, -0.2) is 0 Å². The van der Waals surface area contributed by atoms with Crippen LogP contribution in [0.3, 0.4) is 0 Å². The molecule has 0 spiro atoms. The number of halogens is 3. The van der Waals surface area contributed by atoms with Gasteiger partial charge < -0.3 is 15.4 Å². The summed E-state index contributed by atoms with van der Waals surface area (Å²) in [5, 5.41) is 7.28. The molecule has 1 unspecified atom stereocenters. The van der Waals surface area contributed by atoms with Crippen LogP contribution >= 0.6 is 36.4 Å². The summed E-state index contributed by atoms with van der Waals surface area (Å²) in [4.78, 5) is 14.7. The lowest BCUT2D eigenvalue weighted by atomic mass is 9.97. The molecule has 2 heterocycles. The molecular formula is C19H30Cl3N3O2. The Bertz CT molecular complexity index is 546. The van der Waals surface area contributed by atoms with Crippen molar-refractivity contribution in [1.29, 1.82) is 0 Å². The highest BCUT2D eigenvalue weighted by Crippen LogP contribution is 2.16. The lowest BCUT2D eigenvalue weighted by Crippen LogP contribution is -2.49. The van der Waals surface area contributed by atoms with Crippen LogP contribution < -0.4 is 15.4 Å².